The van der Waals surface area contributed by atoms with Gasteiger partial charge in [-0.1, -0.05) is 36.2 Å². The van der Waals surface area contributed by atoms with Gasteiger partial charge in [0.1, 0.15) is 0 Å². The molecule has 0 fully saturated rings. The van der Waals surface area contributed by atoms with E-state index in [2.05, 4.69) is 10.6 Å². The Morgan fingerprint density at radius 2 is 1.62 bits per heavy atom. The summed E-state index contributed by atoms with van der Waals surface area (Å²) in [5.74, 6) is -0.259. The molecule has 26 heavy (non-hydrogen) atoms. The van der Waals surface area contributed by atoms with E-state index in [1.807, 2.05) is 17.9 Å². The number of halogens is 2. The summed E-state index contributed by atoms with van der Waals surface area (Å²) in [7, 11) is 0. The highest BCUT2D eigenvalue weighted by Crippen LogP contribution is 2.22. The molecular formula is C19H21Cl2N3O2. The second kappa shape index (κ2) is 9.57. The second-order valence-electron chi connectivity index (χ2n) is 5.85. The van der Waals surface area contributed by atoms with Crippen molar-refractivity contribution < 1.29 is 9.59 Å². The summed E-state index contributed by atoms with van der Waals surface area (Å²) < 4.78 is 0. The molecule has 0 aliphatic rings. The Bertz CT molecular complexity index is 779. The van der Waals surface area contributed by atoms with Gasteiger partial charge in [0.25, 0.3) is 0 Å². The molecule has 0 bridgehead atoms. The lowest BCUT2D eigenvalue weighted by atomic mass is 10.2. The van der Waals surface area contributed by atoms with Crippen LogP contribution in [0.4, 0.5) is 11.4 Å². The van der Waals surface area contributed by atoms with Gasteiger partial charge in [-0.2, -0.15) is 0 Å². The van der Waals surface area contributed by atoms with Gasteiger partial charge in [0, 0.05) is 34.9 Å². The third kappa shape index (κ3) is 6.33. The third-order valence-electron chi connectivity index (χ3n) is 3.71. The van der Waals surface area contributed by atoms with Crippen LogP contribution in [0.3, 0.4) is 0 Å². The summed E-state index contributed by atoms with van der Waals surface area (Å²) in [5.41, 5.74) is 2.28. The van der Waals surface area contributed by atoms with Gasteiger partial charge in [0.05, 0.1) is 6.54 Å². The van der Waals surface area contributed by atoms with E-state index < -0.39 is 0 Å². The zero-order chi connectivity index (χ0) is 19.1. The SMILES string of the molecule is CCN(CC(=O)Nc1ccc(NC(C)=O)cc1)Cc1ccc(Cl)cc1Cl. The lowest BCUT2D eigenvalue weighted by Gasteiger charge is -2.20. The van der Waals surface area contributed by atoms with E-state index in [0.717, 1.165) is 5.56 Å². The summed E-state index contributed by atoms with van der Waals surface area (Å²) >= 11 is 12.1. The first-order chi connectivity index (χ1) is 12.4. The Morgan fingerprint density at radius 3 is 2.15 bits per heavy atom. The molecule has 0 saturated heterocycles. The first-order valence-electron chi connectivity index (χ1n) is 8.21. The Hall–Kier alpha value is -2.08. The maximum atomic E-state index is 12.3. The smallest absolute Gasteiger partial charge is 0.238 e. The van der Waals surface area contributed by atoms with E-state index >= 15 is 0 Å². The van der Waals surface area contributed by atoms with E-state index in [9.17, 15) is 9.59 Å². The second-order valence-corrected chi connectivity index (χ2v) is 6.69. The van der Waals surface area contributed by atoms with Crippen LogP contribution in [0.2, 0.25) is 10.0 Å². The molecule has 0 unspecified atom stereocenters. The number of nitrogens with one attached hydrogen (secondary N) is 2. The van der Waals surface area contributed by atoms with Crippen molar-refractivity contribution >= 4 is 46.4 Å². The van der Waals surface area contributed by atoms with Crippen molar-refractivity contribution in [3.63, 3.8) is 0 Å². The average molecular weight is 394 g/mol. The fraction of sp³-hybridized carbons (Fsp3) is 0.263. The van der Waals surface area contributed by atoms with Crippen LogP contribution < -0.4 is 10.6 Å². The Balaban J connectivity index is 1.93. The molecule has 0 atom stereocenters. The van der Waals surface area contributed by atoms with Gasteiger partial charge in [-0.05, 0) is 48.5 Å². The zero-order valence-corrected chi connectivity index (χ0v) is 16.2. The van der Waals surface area contributed by atoms with Crippen molar-refractivity contribution in [1.29, 1.82) is 0 Å². The van der Waals surface area contributed by atoms with Gasteiger partial charge in [-0.25, -0.2) is 0 Å². The van der Waals surface area contributed by atoms with Crippen molar-refractivity contribution in [3.05, 3.63) is 58.1 Å². The van der Waals surface area contributed by atoms with Gasteiger partial charge < -0.3 is 10.6 Å². The number of rotatable bonds is 7. The number of carbonyl (C=O) groups excluding carboxylic acids is 2. The summed E-state index contributed by atoms with van der Waals surface area (Å²) in [5, 5.41) is 6.70. The highest BCUT2D eigenvalue weighted by atomic mass is 35.5. The van der Waals surface area contributed by atoms with Crippen LogP contribution in [0.5, 0.6) is 0 Å². The number of nitrogens with zero attached hydrogens (tertiary/aromatic N) is 1. The predicted molar refractivity (Wildman–Crippen MR) is 107 cm³/mol. The highest BCUT2D eigenvalue weighted by molar-refractivity contribution is 6.35. The van der Waals surface area contributed by atoms with Crippen molar-refractivity contribution in [1.82, 2.24) is 4.90 Å². The van der Waals surface area contributed by atoms with Crippen molar-refractivity contribution in [2.45, 2.75) is 20.4 Å². The molecule has 2 aromatic rings. The fourth-order valence-corrected chi connectivity index (χ4v) is 2.88. The monoisotopic (exact) mass is 393 g/mol. The van der Waals surface area contributed by atoms with Crippen molar-refractivity contribution in [2.24, 2.45) is 0 Å². The summed E-state index contributed by atoms with van der Waals surface area (Å²) in [6, 6.07) is 12.3. The Labute approximate surface area is 163 Å². The van der Waals surface area contributed by atoms with E-state index in [0.29, 0.717) is 34.5 Å². The summed E-state index contributed by atoms with van der Waals surface area (Å²) in [6.07, 6.45) is 0. The molecule has 138 valence electrons. The Kier molecular flexibility index (Phi) is 7.45. The maximum absolute atomic E-state index is 12.3. The zero-order valence-electron chi connectivity index (χ0n) is 14.7. The normalized spacial score (nSPS) is 10.7. The van der Waals surface area contributed by atoms with Crippen LogP contribution in [0.25, 0.3) is 0 Å². The molecule has 0 heterocycles. The number of hydrogen-bond acceptors (Lipinski definition) is 3. The van der Waals surface area contributed by atoms with E-state index in [1.54, 1.807) is 36.4 Å². The van der Waals surface area contributed by atoms with Crippen LogP contribution in [-0.2, 0) is 16.1 Å². The minimum Gasteiger partial charge on any atom is -0.326 e. The molecule has 2 amide bonds. The van der Waals surface area contributed by atoms with E-state index in [-0.39, 0.29) is 18.4 Å². The minimum absolute atomic E-state index is 0.121. The minimum atomic E-state index is -0.138. The summed E-state index contributed by atoms with van der Waals surface area (Å²) in [6.45, 7) is 4.93. The lowest BCUT2D eigenvalue weighted by Crippen LogP contribution is -2.32. The first-order valence-corrected chi connectivity index (χ1v) is 8.96. The standard InChI is InChI=1S/C19H21Cl2N3O2/c1-3-24(11-14-4-5-15(20)10-18(14)21)12-19(26)23-17-8-6-16(7-9-17)22-13(2)25/h4-10H,3,11-12H2,1-2H3,(H,22,25)(H,23,26). The molecule has 0 aliphatic heterocycles. The topological polar surface area (TPSA) is 61.4 Å². The van der Waals surface area contributed by atoms with Gasteiger partial charge in [0.15, 0.2) is 0 Å². The molecular weight excluding hydrogens is 373 g/mol. The van der Waals surface area contributed by atoms with Crippen molar-refractivity contribution in [2.75, 3.05) is 23.7 Å². The highest BCUT2D eigenvalue weighted by Gasteiger charge is 2.12. The van der Waals surface area contributed by atoms with Gasteiger partial charge in [0.2, 0.25) is 11.8 Å². The van der Waals surface area contributed by atoms with Crippen molar-refractivity contribution in [3.8, 4) is 0 Å². The lowest BCUT2D eigenvalue weighted by molar-refractivity contribution is -0.117. The molecule has 0 aromatic heterocycles. The number of carbonyl (C=O) groups is 2. The molecule has 2 aromatic carbocycles. The maximum Gasteiger partial charge on any atom is 0.238 e. The molecule has 0 saturated carbocycles. The molecule has 5 nitrogen and oxygen atoms in total. The quantitative estimate of drug-likeness (QED) is 0.731. The van der Waals surface area contributed by atoms with Crippen LogP contribution in [-0.4, -0.2) is 29.8 Å². The van der Waals surface area contributed by atoms with Crippen LogP contribution >= 0.6 is 23.2 Å². The Morgan fingerprint density at radius 1 is 1.00 bits per heavy atom. The number of hydrogen-bond donors (Lipinski definition) is 2. The van der Waals surface area contributed by atoms with Gasteiger partial charge >= 0.3 is 0 Å². The summed E-state index contributed by atoms with van der Waals surface area (Å²) in [4.78, 5) is 25.3. The molecule has 0 aliphatic carbocycles. The molecule has 2 N–H and O–H groups in total. The molecule has 2 rings (SSSR count). The third-order valence-corrected chi connectivity index (χ3v) is 4.30. The number of likely N-dealkylation sites (N-methyl/N-ethyl adjacent to an activating group) is 1. The van der Waals surface area contributed by atoms with Gasteiger partial charge in [-0.15, -0.1) is 0 Å². The van der Waals surface area contributed by atoms with Crippen LogP contribution in [0.15, 0.2) is 42.5 Å². The molecule has 7 heteroatoms. The number of amides is 2. The van der Waals surface area contributed by atoms with Crippen LogP contribution in [0.1, 0.15) is 19.4 Å². The van der Waals surface area contributed by atoms with Crippen LogP contribution in [0, 0.1) is 0 Å². The van der Waals surface area contributed by atoms with E-state index in [1.165, 1.54) is 6.92 Å². The number of anilines is 2. The largest absolute Gasteiger partial charge is 0.326 e. The van der Waals surface area contributed by atoms with Gasteiger partial charge in [-0.3, -0.25) is 14.5 Å². The average Bonchev–Trinajstić information content (AvgIpc) is 2.57. The predicted octanol–water partition coefficient (Wildman–Crippen LogP) is 4.41. The first kappa shape index (κ1) is 20.2. The number of benzene rings is 2. The fourth-order valence-electron chi connectivity index (χ4n) is 2.41. The molecule has 0 radical (unpaired) electrons. The van der Waals surface area contributed by atoms with E-state index in [4.69, 9.17) is 23.2 Å². The molecule has 0 spiro atoms.